The highest BCUT2D eigenvalue weighted by atomic mass is 32.1. The van der Waals surface area contributed by atoms with Crippen LogP contribution in [0.25, 0.3) is 0 Å². The summed E-state index contributed by atoms with van der Waals surface area (Å²) in [7, 11) is 2.90. The van der Waals surface area contributed by atoms with Crippen LogP contribution in [0.3, 0.4) is 0 Å². The zero-order valence-electron chi connectivity index (χ0n) is 15.7. The minimum atomic E-state index is -0.414. The zero-order chi connectivity index (χ0) is 19.4. The van der Waals surface area contributed by atoms with Gasteiger partial charge in [-0.1, -0.05) is 19.1 Å². The van der Waals surface area contributed by atoms with Gasteiger partial charge in [-0.3, -0.25) is 4.79 Å². The number of benzene rings is 1. The van der Waals surface area contributed by atoms with Crippen molar-refractivity contribution < 1.29 is 23.8 Å². The van der Waals surface area contributed by atoms with Crippen LogP contribution in [-0.2, 0) is 22.4 Å². The first-order chi connectivity index (χ1) is 13.0. The van der Waals surface area contributed by atoms with E-state index in [0.717, 1.165) is 29.7 Å². The number of ether oxygens (including phenoxy) is 3. The van der Waals surface area contributed by atoms with Crippen molar-refractivity contribution in [1.82, 2.24) is 0 Å². The van der Waals surface area contributed by atoms with Gasteiger partial charge in [-0.2, -0.15) is 0 Å². The third kappa shape index (κ3) is 4.24. The van der Waals surface area contributed by atoms with Crippen LogP contribution < -0.4 is 14.8 Å². The van der Waals surface area contributed by atoms with Crippen molar-refractivity contribution in [1.29, 1.82) is 0 Å². The number of rotatable bonds is 6. The van der Waals surface area contributed by atoms with Crippen LogP contribution >= 0.6 is 11.3 Å². The molecule has 0 fully saturated rings. The molecule has 1 aliphatic rings. The SMILES string of the molecule is COC(=O)c1c(NC(=O)COc2ccccc2OC)sc2c1CC[C@H](C)C2. The maximum absolute atomic E-state index is 12.4. The number of carbonyl (C=O) groups is 2. The number of hydrogen-bond donors (Lipinski definition) is 1. The normalized spacial score (nSPS) is 15.6. The van der Waals surface area contributed by atoms with E-state index >= 15 is 0 Å². The van der Waals surface area contributed by atoms with Crippen molar-refractivity contribution in [3.63, 3.8) is 0 Å². The highest BCUT2D eigenvalue weighted by Gasteiger charge is 2.28. The van der Waals surface area contributed by atoms with Gasteiger partial charge in [-0.05, 0) is 42.9 Å². The molecule has 3 rings (SSSR count). The maximum atomic E-state index is 12.4. The molecule has 0 unspecified atom stereocenters. The molecule has 27 heavy (non-hydrogen) atoms. The molecule has 7 heteroatoms. The third-order valence-corrected chi connectivity index (χ3v) is 5.75. The number of anilines is 1. The Bertz CT molecular complexity index is 845. The number of carbonyl (C=O) groups excluding carboxylic acids is 2. The lowest BCUT2D eigenvalue weighted by atomic mass is 9.88. The number of fused-ring (bicyclic) bond motifs is 1. The summed E-state index contributed by atoms with van der Waals surface area (Å²) in [6.45, 7) is 2.01. The molecule has 1 aromatic heterocycles. The molecule has 144 valence electrons. The van der Waals surface area contributed by atoms with Crippen LogP contribution in [0.2, 0.25) is 0 Å². The van der Waals surface area contributed by atoms with Crippen molar-refractivity contribution in [2.75, 3.05) is 26.1 Å². The first kappa shape index (κ1) is 19.2. The fraction of sp³-hybridized carbons (Fsp3) is 0.400. The van der Waals surface area contributed by atoms with E-state index in [-0.39, 0.29) is 12.5 Å². The number of para-hydroxylation sites is 2. The van der Waals surface area contributed by atoms with E-state index in [2.05, 4.69) is 12.2 Å². The lowest BCUT2D eigenvalue weighted by Crippen LogP contribution is -2.21. The Kier molecular flexibility index (Phi) is 6.01. The summed E-state index contributed by atoms with van der Waals surface area (Å²) < 4.78 is 15.7. The van der Waals surface area contributed by atoms with Crippen LogP contribution in [0.15, 0.2) is 24.3 Å². The number of methoxy groups -OCH3 is 2. The third-order valence-electron chi connectivity index (χ3n) is 4.58. The van der Waals surface area contributed by atoms with E-state index in [4.69, 9.17) is 14.2 Å². The van der Waals surface area contributed by atoms with Gasteiger partial charge in [0, 0.05) is 4.88 Å². The summed E-state index contributed by atoms with van der Waals surface area (Å²) in [5.41, 5.74) is 1.49. The molecule has 1 N–H and O–H groups in total. The van der Waals surface area contributed by atoms with Crippen LogP contribution in [0.5, 0.6) is 11.5 Å². The summed E-state index contributed by atoms with van der Waals surface area (Å²) in [5.74, 6) is 0.864. The average molecular weight is 389 g/mol. The molecular formula is C20H23NO5S. The Morgan fingerprint density at radius 1 is 1.22 bits per heavy atom. The van der Waals surface area contributed by atoms with E-state index in [0.29, 0.717) is 28.0 Å². The summed E-state index contributed by atoms with van der Waals surface area (Å²) >= 11 is 1.45. The Balaban J connectivity index is 1.74. The second-order valence-corrected chi connectivity index (χ2v) is 7.64. The maximum Gasteiger partial charge on any atom is 0.341 e. The summed E-state index contributed by atoms with van der Waals surface area (Å²) in [6, 6.07) is 7.12. The van der Waals surface area contributed by atoms with Crippen molar-refractivity contribution in [3.8, 4) is 11.5 Å². The van der Waals surface area contributed by atoms with E-state index < -0.39 is 5.97 Å². The van der Waals surface area contributed by atoms with Gasteiger partial charge in [0.1, 0.15) is 5.00 Å². The fourth-order valence-electron chi connectivity index (χ4n) is 3.20. The van der Waals surface area contributed by atoms with Crippen molar-refractivity contribution in [3.05, 3.63) is 40.3 Å². The Labute approximate surface area is 162 Å². The van der Waals surface area contributed by atoms with E-state index in [1.54, 1.807) is 25.3 Å². The standard InChI is InChI=1S/C20H23NO5S/c1-12-8-9-13-16(10-12)27-19(18(13)20(23)25-3)21-17(22)11-26-15-7-5-4-6-14(15)24-2/h4-7,12H,8-11H2,1-3H3,(H,21,22)/t12-/m0/s1. The summed E-state index contributed by atoms with van der Waals surface area (Å²) in [6.07, 6.45) is 2.76. The predicted octanol–water partition coefficient (Wildman–Crippen LogP) is 3.69. The smallest absolute Gasteiger partial charge is 0.341 e. The second-order valence-electron chi connectivity index (χ2n) is 6.54. The molecular weight excluding hydrogens is 366 g/mol. The number of thiophene rings is 1. The molecule has 6 nitrogen and oxygen atoms in total. The largest absolute Gasteiger partial charge is 0.493 e. The Hall–Kier alpha value is -2.54. The molecule has 0 saturated heterocycles. The van der Waals surface area contributed by atoms with Gasteiger partial charge < -0.3 is 19.5 Å². The number of nitrogens with one attached hydrogen (secondary N) is 1. The van der Waals surface area contributed by atoms with Gasteiger partial charge in [0.2, 0.25) is 0 Å². The minimum Gasteiger partial charge on any atom is -0.493 e. The Morgan fingerprint density at radius 2 is 1.96 bits per heavy atom. The van der Waals surface area contributed by atoms with Gasteiger partial charge in [-0.15, -0.1) is 11.3 Å². The molecule has 0 radical (unpaired) electrons. The van der Waals surface area contributed by atoms with Crippen LogP contribution in [0, 0.1) is 5.92 Å². The Morgan fingerprint density at radius 3 is 2.67 bits per heavy atom. The monoisotopic (exact) mass is 389 g/mol. The van der Waals surface area contributed by atoms with Crippen molar-refractivity contribution in [2.24, 2.45) is 5.92 Å². The lowest BCUT2D eigenvalue weighted by Gasteiger charge is -2.18. The molecule has 0 saturated carbocycles. The number of hydrogen-bond acceptors (Lipinski definition) is 6. The van der Waals surface area contributed by atoms with Gasteiger partial charge in [-0.25, -0.2) is 4.79 Å². The summed E-state index contributed by atoms with van der Waals surface area (Å²) in [5, 5.41) is 3.36. The molecule has 0 bridgehead atoms. The second kappa shape index (κ2) is 8.43. The van der Waals surface area contributed by atoms with Crippen LogP contribution in [0.1, 0.15) is 34.1 Å². The topological polar surface area (TPSA) is 73.9 Å². The molecule has 0 aliphatic heterocycles. The average Bonchev–Trinajstić information content (AvgIpc) is 3.02. The first-order valence-electron chi connectivity index (χ1n) is 8.82. The van der Waals surface area contributed by atoms with Crippen molar-refractivity contribution in [2.45, 2.75) is 26.2 Å². The highest BCUT2D eigenvalue weighted by Crippen LogP contribution is 2.40. The number of amides is 1. The first-order valence-corrected chi connectivity index (χ1v) is 9.63. The number of esters is 1. The van der Waals surface area contributed by atoms with Gasteiger partial charge in [0.15, 0.2) is 18.1 Å². The highest BCUT2D eigenvalue weighted by molar-refractivity contribution is 7.17. The molecule has 1 amide bonds. The quantitative estimate of drug-likeness (QED) is 0.763. The lowest BCUT2D eigenvalue weighted by molar-refractivity contribution is -0.118. The van der Waals surface area contributed by atoms with Gasteiger partial charge in [0.05, 0.1) is 19.8 Å². The van der Waals surface area contributed by atoms with E-state index in [1.165, 1.54) is 18.4 Å². The molecule has 1 atom stereocenters. The molecule has 0 spiro atoms. The van der Waals surface area contributed by atoms with E-state index in [9.17, 15) is 9.59 Å². The van der Waals surface area contributed by atoms with E-state index in [1.807, 2.05) is 6.07 Å². The predicted molar refractivity (Wildman–Crippen MR) is 104 cm³/mol. The molecule has 1 aliphatic carbocycles. The van der Waals surface area contributed by atoms with Crippen LogP contribution in [-0.4, -0.2) is 32.7 Å². The van der Waals surface area contributed by atoms with Gasteiger partial charge >= 0.3 is 5.97 Å². The zero-order valence-corrected chi connectivity index (χ0v) is 16.5. The molecule has 2 aromatic rings. The minimum absolute atomic E-state index is 0.181. The molecule has 1 aromatic carbocycles. The van der Waals surface area contributed by atoms with Crippen molar-refractivity contribution >= 4 is 28.2 Å². The van der Waals surface area contributed by atoms with Gasteiger partial charge in [0.25, 0.3) is 5.91 Å². The fourth-order valence-corrected chi connectivity index (χ4v) is 4.62. The summed E-state index contributed by atoms with van der Waals surface area (Å²) in [4.78, 5) is 25.8. The molecule has 1 heterocycles. The van der Waals surface area contributed by atoms with Crippen LogP contribution in [0.4, 0.5) is 5.00 Å².